The summed E-state index contributed by atoms with van der Waals surface area (Å²) >= 11 is 0. The number of hydrogen-bond acceptors (Lipinski definition) is 6. The molecule has 0 spiro atoms. The molecule has 1 aromatic carbocycles. The fourth-order valence-corrected chi connectivity index (χ4v) is 3.27. The van der Waals surface area contributed by atoms with Gasteiger partial charge in [0.1, 0.15) is 5.82 Å². The SMILES string of the molecule is COC(=O)c1cccc(NC(=O)NCc2ccc(N3C[C@H](C)O[C@@H](C)C3)nc2)c1. The molecule has 0 saturated carbocycles. The first-order valence-corrected chi connectivity index (χ1v) is 9.53. The van der Waals surface area contributed by atoms with Crippen molar-refractivity contribution >= 4 is 23.5 Å². The Morgan fingerprint density at radius 3 is 2.62 bits per heavy atom. The third-order valence-electron chi connectivity index (χ3n) is 4.55. The van der Waals surface area contributed by atoms with Gasteiger partial charge in [-0.2, -0.15) is 0 Å². The molecule has 8 heteroatoms. The summed E-state index contributed by atoms with van der Waals surface area (Å²) in [5.74, 6) is 0.448. The number of amides is 2. The predicted octanol–water partition coefficient (Wildman–Crippen LogP) is 2.80. The topological polar surface area (TPSA) is 92.8 Å². The van der Waals surface area contributed by atoms with Crippen LogP contribution in [0, 0.1) is 0 Å². The smallest absolute Gasteiger partial charge is 0.337 e. The van der Waals surface area contributed by atoms with Gasteiger partial charge in [-0.25, -0.2) is 14.6 Å². The largest absolute Gasteiger partial charge is 0.465 e. The molecular formula is C21H26N4O4. The summed E-state index contributed by atoms with van der Waals surface area (Å²) in [4.78, 5) is 30.4. The Bertz CT molecular complexity index is 846. The lowest BCUT2D eigenvalue weighted by Crippen LogP contribution is -2.45. The van der Waals surface area contributed by atoms with Crippen LogP contribution in [0.2, 0.25) is 0 Å². The zero-order valence-corrected chi connectivity index (χ0v) is 16.8. The minimum absolute atomic E-state index is 0.170. The average molecular weight is 398 g/mol. The van der Waals surface area contributed by atoms with Crippen molar-refractivity contribution in [1.29, 1.82) is 0 Å². The van der Waals surface area contributed by atoms with E-state index in [1.807, 2.05) is 12.1 Å². The summed E-state index contributed by atoms with van der Waals surface area (Å²) in [5, 5.41) is 5.49. The normalized spacial score (nSPS) is 18.8. The maximum Gasteiger partial charge on any atom is 0.337 e. The lowest BCUT2D eigenvalue weighted by molar-refractivity contribution is -0.00546. The summed E-state index contributed by atoms with van der Waals surface area (Å²) in [6, 6.07) is 10.1. The van der Waals surface area contributed by atoms with E-state index in [1.165, 1.54) is 7.11 Å². The number of nitrogens with zero attached hydrogens (tertiary/aromatic N) is 2. The molecule has 1 saturated heterocycles. The number of aromatic nitrogens is 1. The van der Waals surface area contributed by atoms with Crippen molar-refractivity contribution in [3.05, 3.63) is 53.7 Å². The monoisotopic (exact) mass is 398 g/mol. The van der Waals surface area contributed by atoms with Crippen LogP contribution in [0.3, 0.4) is 0 Å². The predicted molar refractivity (Wildman–Crippen MR) is 110 cm³/mol. The standard InChI is InChI=1S/C21H26N4O4/c1-14-12-25(13-15(2)29-14)19-8-7-16(10-22-19)11-23-21(27)24-18-6-4-5-17(9-18)20(26)28-3/h4-10,14-15H,11-13H2,1-3H3,(H2,23,24,27)/t14-,15-/m0/s1. The maximum atomic E-state index is 12.1. The number of carbonyl (C=O) groups is 2. The van der Waals surface area contributed by atoms with Crippen LogP contribution in [0.5, 0.6) is 0 Å². The van der Waals surface area contributed by atoms with Crippen molar-refractivity contribution in [2.24, 2.45) is 0 Å². The Kier molecular flexibility index (Phi) is 6.66. The molecule has 0 unspecified atom stereocenters. The number of pyridine rings is 1. The molecule has 3 rings (SSSR count). The van der Waals surface area contributed by atoms with E-state index < -0.39 is 5.97 Å². The molecule has 2 atom stereocenters. The minimum Gasteiger partial charge on any atom is -0.465 e. The molecule has 0 bridgehead atoms. The van der Waals surface area contributed by atoms with Gasteiger partial charge >= 0.3 is 12.0 Å². The number of rotatable bonds is 5. The average Bonchev–Trinajstić information content (AvgIpc) is 2.71. The minimum atomic E-state index is -0.454. The van der Waals surface area contributed by atoms with E-state index in [9.17, 15) is 9.59 Å². The van der Waals surface area contributed by atoms with E-state index >= 15 is 0 Å². The van der Waals surface area contributed by atoms with E-state index in [0.717, 1.165) is 24.5 Å². The van der Waals surface area contributed by atoms with Crippen molar-refractivity contribution < 1.29 is 19.1 Å². The Labute approximate surface area is 170 Å². The molecule has 0 aliphatic carbocycles. The molecule has 1 aromatic heterocycles. The highest BCUT2D eigenvalue weighted by Gasteiger charge is 2.22. The number of carbonyl (C=O) groups excluding carboxylic acids is 2. The third kappa shape index (κ3) is 5.68. The van der Waals surface area contributed by atoms with Crippen molar-refractivity contribution in [3.63, 3.8) is 0 Å². The van der Waals surface area contributed by atoms with E-state index in [1.54, 1.807) is 30.5 Å². The second-order valence-corrected chi connectivity index (χ2v) is 7.07. The van der Waals surface area contributed by atoms with Gasteiger partial charge in [-0.3, -0.25) is 0 Å². The summed E-state index contributed by atoms with van der Waals surface area (Å²) in [6.45, 7) is 6.07. The van der Waals surface area contributed by atoms with Crippen LogP contribution in [0.4, 0.5) is 16.3 Å². The van der Waals surface area contributed by atoms with Gasteiger partial charge in [0.25, 0.3) is 0 Å². The number of esters is 1. The molecule has 1 aliphatic heterocycles. The van der Waals surface area contributed by atoms with E-state index in [-0.39, 0.29) is 18.2 Å². The first kappa shape index (κ1) is 20.6. The Hall–Kier alpha value is -3.13. The van der Waals surface area contributed by atoms with Crippen molar-refractivity contribution in [3.8, 4) is 0 Å². The van der Waals surface area contributed by atoms with Crippen LogP contribution in [-0.4, -0.2) is 49.4 Å². The van der Waals surface area contributed by atoms with Crippen LogP contribution in [-0.2, 0) is 16.0 Å². The Balaban J connectivity index is 1.52. The number of methoxy groups -OCH3 is 1. The number of benzene rings is 1. The van der Waals surface area contributed by atoms with Crippen molar-refractivity contribution in [2.45, 2.75) is 32.6 Å². The Morgan fingerprint density at radius 1 is 1.21 bits per heavy atom. The van der Waals surface area contributed by atoms with E-state index in [0.29, 0.717) is 17.8 Å². The first-order valence-electron chi connectivity index (χ1n) is 9.53. The van der Waals surface area contributed by atoms with Crippen molar-refractivity contribution in [2.75, 3.05) is 30.4 Å². The highest BCUT2D eigenvalue weighted by molar-refractivity contribution is 5.93. The maximum absolute atomic E-state index is 12.1. The highest BCUT2D eigenvalue weighted by Crippen LogP contribution is 2.18. The van der Waals surface area contributed by atoms with Gasteiger partial charge in [0.05, 0.1) is 24.9 Å². The Morgan fingerprint density at radius 2 is 1.97 bits per heavy atom. The fraction of sp³-hybridized carbons (Fsp3) is 0.381. The van der Waals surface area contributed by atoms with Gasteiger partial charge in [-0.05, 0) is 43.7 Å². The molecule has 1 aliphatic rings. The lowest BCUT2D eigenvalue weighted by Gasteiger charge is -2.36. The van der Waals surface area contributed by atoms with Gasteiger partial charge in [0.15, 0.2) is 0 Å². The second-order valence-electron chi connectivity index (χ2n) is 7.07. The van der Waals surface area contributed by atoms with Gasteiger partial charge in [0.2, 0.25) is 0 Å². The van der Waals surface area contributed by atoms with Crippen LogP contribution in [0.25, 0.3) is 0 Å². The summed E-state index contributed by atoms with van der Waals surface area (Å²) in [7, 11) is 1.31. The van der Waals surface area contributed by atoms with Gasteiger partial charge in [-0.1, -0.05) is 12.1 Å². The molecule has 29 heavy (non-hydrogen) atoms. The van der Waals surface area contributed by atoms with Crippen LogP contribution >= 0.6 is 0 Å². The zero-order chi connectivity index (χ0) is 20.8. The van der Waals surface area contributed by atoms with Gasteiger partial charge < -0.3 is 25.0 Å². The van der Waals surface area contributed by atoms with E-state index in [2.05, 4.69) is 39.1 Å². The summed E-state index contributed by atoms with van der Waals surface area (Å²) in [5.41, 5.74) is 1.77. The zero-order valence-electron chi connectivity index (χ0n) is 16.8. The molecular weight excluding hydrogens is 372 g/mol. The molecule has 1 fully saturated rings. The first-order chi connectivity index (χ1) is 13.9. The van der Waals surface area contributed by atoms with Crippen LogP contribution in [0.1, 0.15) is 29.8 Å². The number of ether oxygens (including phenoxy) is 2. The van der Waals surface area contributed by atoms with Crippen LogP contribution < -0.4 is 15.5 Å². The molecule has 154 valence electrons. The van der Waals surface area contributed by atoms with Crippen molar-refractivity contribution in [1.82, 2.24) is 10.3 Å². The molecule has 0 radical (unpaired) electrons. The van der Waals surface area contributed by atoms with Gasteiger partial charge in [-0.15, -0.1) is 0 Å². The quantitative estimate of drug-likeness (QED) is 0.753. The lowest BCUT2D eigenvalue weighted by atomic mass is 10.2. The molecule has 2 aromatic rings. The summed E-state index contributed by atoms with van der Waals surface area (Å²) < 4.78 is 10.4. The van der Waals surface area contributed by atoms with Gasteiger partial charge in [0, 0.05) is 31.5 Å². The molecule has 2 amide bonds. The summed E-state index contributed by atoms with van der Waals surface area (Å²) in [6.07, 6.45) is 2.10. The highest BCUT2D eigenvalue weighted by atomic mass is 16.5. The molecule has 2 heterocycles. The van der Waals surface area contributed by atoms with Crippen LogP contribution in [0.15, 0.2) is 42.6 Å². The number of urea groups is 1. The number of nitrogens with one attached hydrogen (secondary N) is 2. The molecule has 8 nitrogen and oxygen atoms in total. The number of morpholine rings is 1. The number of hydrogen-bond donors (Lipinski definition) is 2. The third-order valence-corrected chi connectivity index (χ3v) is 4.55. The second kappa shape index (κ2) is 9.38. The number of anilines is 2. The molecule has 2 N–H and O–H groups in total. The van der Waals surface area contributed by atoms with E-state index in [4.69, 9.17) is 4.74 Å². The fourth-order valence-electron chi connectivity index (χ4n) is 3.27.